The van der Waals surface area contributed by atoms with Crippen LogP contribution < -0.4 is 14.8 Å². The van der Waals surface area contributed by atoms with E-state index in [0.29, 0.717) is 23.1 Å². The fraction of sp³-hybridized carbons (Fsp3) is 0.273. The number of carbonyl (C=O) groups excluding carboxylic acids is 1. The molecule has 1 amide bonds. The summed E-state index contributed by atoms with van der Waals surface area (Å²) in [5.74, 6) is 1.31. The quantitative estimate of drug-likeness (QED) is 0.476. The Bertz CT molecular complexity index is 906. The SMILES string of the molecule is CCCCCOc1cccc(C(=O)Nc2nc(-c3ccc(OC)cc3)cs2)c1. The predicted octanol–water partition coefficient (Wildman–Crippen LogP) is 5.64. The van der Waals surface area contributed by atoms with Gasteiger partial charge >= 0.3 is 0 Å². The second-order valence-electron chi connectivity index (χ2n) is 6.30. The zero-order chi connectivity index (χ0) is 19.8. The molecule has 0 bridgehead atoms. The Hall–Kier alpha value is -2.86. The molecule has 0 aliphatic rings. The summed E-state index contributed by atoms with van der Waals surface area (Å²) in [7, 11) is 1.64. The molecule has 0 aliphatic carbocycles. The molecule has 5 nitrogen and oxygen atoms in total. The van der Waals surface area contributed by atoms with Crippen molar-refractivity contribution in [2.75, 3.05) is 19.0 Å². The summed E-state index contributed by atoms with van der Waals surface area (Å²) in [5, 5.41) is 5.34. The highest BCUT2D eigenvalue weighted by molar-refractivity contribution is 7.14. The van der Waals surface area contributed by atoms with E-state index >= 15 is 0 Å². The van der Waals surface area contributed by atoms with Crippen LogP contribution in [0.2, 0.25) is 0 Å². The summed E-state index contributed by atoms with van der Waals surface area (Å²) in [6, 6.07) is 14.9. The molecule has 2 aromatic carbocycles. The van der Waals surface area contributed by atoms with Crippen LogP contribution in [-0.2, 0) is 0 Å². The molecule has 1 aromatic heterocycles. The summed E-state index contributed by atoms with van der Waals surface area (Å²) >= 11 is 1.40. The first kappa shape index (κ1) is 19.9. The molecule has 0 saturated heterocycles. The van der Waals surface area contributed by atoms with E-state index in [4.69, 9.17) is 9.47 Å². The first-order valence-corrected chi connectivity index (χ1v) is 10.2. The number of hydrogen-bond acceptors (Lipinski definition) is 5. The summed E-state index contributed by atoms with van der Waals surface area (Å²) in [6.45, 7) is 2.82. The van der Waals surface area contributed by atoms with Gasteiger partial charge in [-0.2, -0.15) is 0 Å². The maximum absolute atomic E-state index is 12.6. The van der Waals surface area contributed by atoms with Crippen molar-refractivity contribution < 1.29 is 14.3 Å². The molecule has 1 N–H and O–H groups in total. The zero-order valence-corrected chi connectivity index (χ0v) is 16.9. The molecule has 0 aliphatic heterocycles. The van der Waals surface area contributed by atoms with Crippen molar-refractivity contribution in [1.82, 2.24) is 4.98 Å². The van der Waals surface area contributed by atoms with E-state index in [1.165, 1.54) is 11.3 Å². The average molecular weight is 397 g/mol. The van der Waals surface area contributed by atoms with E-state index in [1.807, 2.05) is 41.8 Å². The molecule has 146 valence electrons. The Morgan fingerprint density at radius 3 is 2.68 bits per heavy atom. The fourth-order valence-electron chi connectivity index (χ4n) is 2.66. The Labute approximate surface area is 169 Å². The minimum absolute atomic E-state index is 0.199. The minimum atomic E-state index is -0.199. The Balaban J connectivity index is 1.62. The molecular weight excluding hydrogens is 372 g/mol. The van der Waals surface area contributed by atoms with Crippen molar-refractivity contribution in [1.29, 1.82) is 0 Å². The largest absolute Gasteiger partial charge is 0.497 e. The van der Waals surface area contributed by atoms with Gasteiger partial charge in [-0.05, 0) is 48.9 Å². The van der Waals surface area contributed by atoms with Gasteiger partial charge in [0.05, 0.1) is 19.4 Å². The first-order chi connectivity index (χ1) is 13.7. The van der Waals surface area contributed by atoms with Crippen molar-refractivity contribution in [2.45, 2.75) is 26.2 Å². The third-order valence-corrected chi connectivity index (χ3v) is 4.98. The maximum Gasteiger partial charge on any atom is 0.257 e. The Morgan fingerprint density at radius 1 is 1.11 bits per heavy atom. The summed E-state index contributed by atoms with van der Waals surface area (Å²) in [4.78, 5) is 17.1. The number of unbranched alkanes of at least 4 members (excludes halogenated alkanes) is 2. The molecule has 0 fully saturated rings. The lowest BCUT2D eigenvalue weighted by Crippen LogP contribution is -2.11. The van der Waals surface area contributed by atoms with E-state index in [1.54, 1.807) is 19.2 Å². The van der Waals surface area contributed by atoms with Crippen LogP contribution in [0.3, 0.4) is 0 Å². The molecule has 28 heavy (non-hydrogen) atoms. The van der Waals surface area contributed by atoms with Crippen LogP contribution in [0.1, 0.15) is 36.5 Å². The lowest BCUT2D eigenvalue weighted by Gasteiger charge is -2.07. The molecular formula is C22H24N2O3S. The van der Waals surface area contributed by atoms with Crippen LogP contribution in [0.5, 0.6) is 11.5 Å². The third kappa shape index (κ3) is 5.33. The highest BCUT2D eigenvalue weighted by Gasteiger charge is 2.11. The number of ether oxygens (including phenoxy) is 2. The predicted molar refractivity (Wildman–Crippen MR) is 114 cm³/mol. The maximum atomic E-state index is 12.6. The molecule has 0 radical (unpaired) electrons. The van der Waals surface area contributed by atoms with Crippen LogP contribution in [0, 0.1) is 0 Å². The smallest absolute Gasteiger partial charge is 0.257 e. The van der Waals surface area contributed by atoms with Crippen molar-refractivity contribution in [2.24, 2.45) is 0 Å². The molecule has 0 spiro atoms. The number of thiazole rings is 1. The molecule has 3 rings (SSSR count). The average Bonchev–Trinajstić information content (AvgIpc) is 3.20. The monoisotopic (exact) mass is 396 g/mol. The Kier molecular flexibility index (Phi) is 7.03. The number of benzene rings is 2. The summed E-state index contributed by atoms with van der Waals surface area (Å²) in [6.07, 6.45) is 3.30. The van der Waals surface area contributed by atoms with Crippen LogP contribution in [0.15, 0.2) is 53.9 Å². The van der Waals surface area contributed by atoms with Crippen LogP contribution in [0.4, 0.5) is 5.13 Å². The lowest BCUT2D eigenvalue weighted by atomic mass is 10.2. The van der Waals surface area contributed by atoms with Gasteiger partial charge in [0.1, 0.15) is 11.5 Å². The minimum Gasteiger partial charge on any atom is -0.497 e. The first-order valence-electron chi connectivity index (χ1n) is 9.33. The molecule has 6 heteroatoms. The van der Waals surface area contributed by atoms with Crippen molar-refractivity contribution >= 4 is 22.4 Å². The number of methoxy groups -OCH3 is 1. The molecule has 0 saturated carbocycles. The van der Waals surface area contributed by atoms with E-state index in [0.717, 1.165) is 36.3 Å². The van der Waals surface area contributed by atoms with Crippen molar-refractivity contribution in [3.8, 4) is 22.8 Å². The topological polar surface area (TPSA) is 60.5 Å². The van der Waals surface area contributed by atoms with Crippen LogP contribution in [0.25, 0.3) is 11.3 Å². The fourth-order valence-corrected chi connectivity index (χ4v) is 3.38. The lowest BCUT2D eigenvalue weighted by molar-refractivity contribution is 0.102. The van der Waals surface area contributed by atoms with E-state index in [2.05, 4.69) is 17.2 Å². The van der Waals surface area contributed by atoms with Gasteiger partial charge in [-0.1, -0.05) is 25.8 Å². The van der Waals surface area contributed by atoms with E-state index in [9.17, 15) is 4.79 Å². The van der Waals surface area contributed by atoms with Gasteiger partial charge in [0.25, 0.3) is 5.91 Å². The van der Waals surface area contributed by atoms with Gasteiger partial charge in [0.2, 0.25) is 0 Å². The highest BCUT2D eigenvalue weighted by atomic mass is 32.1. The van der Waals surface area contributed by atoms with Gasteiger partial charge in [0.15, 0.2) is 5.13 Å². The second-order valence-corrected chi connectivity index (χ2v) is 7.16. The molecule has 0 unspecified atom stereocenters. The van der Waals surface area contributed by atoms with Gasteiger partial charge in [-0.15, -0.1) is 11.3 Å². The summed E-state index contributed by atoms with van der Waals surface area (Å²) < 4.78 is 10.9. The number of amides is 1. The third-order valence-electron chi connectivity index (χ3n) is 4.22. The normalized spacial score (nSPS) is 10.5. The van der Waals surface area contributed by atoms with Gasteiger partial charge in [-0.3, -0.25) is 10.1 Å². The number of aromatic nitrogens is 1. The van der Waals surface area contributed by atoms with Gasteiger partial charge in [0, 0.05) is 16.5 Å². The number of nitrogens with zero attached hydrogens (tertiary/aromatic N) is 1. The van der Waals surface area contributed by atoms with Crippen LogP contribution in [-0.4, -0.2) is 24.6 Å². The van der Waals surface area contributed by atoms with Gasteiger partial charge in [-0.25, -0.2) is 4.98 Å². The van der Waals surface area contributed by atoms with Crippen molar-refractivity contribution in [3.63, 3.8) is 0 Å². The van der Waals surface area contributed by atoms with Crippen LogP contribution >= 0.6 is 11.3 Å². The molecule has 1 heterocycles. The number of carbonyl (C=O) groups is 1. The van der Waals surface area contributed by atoms with E-state index in [-0.39, 0.29) is 5.91 Å². The molecule has 0 atom stereocenters. The standard InChI is InChI=1S/C22H24N2O3S/c1-3-4-5-13-27-19-8-6-7-17(14-19)21(25)24-22-23-20(15-28-22)16-9-11-18(26-2)12-10-16/h6-12,14-15H,3-5,13H2,1-2H3,(H,23,24,25). The highest BCUT2D eigenvalue weighted by Crippen LogP contribution is 2.27. The van der Waals surface area contributed by atoms with Gasteiger partial charge < -0.3 is 9.47 Å². The Morgan fingerprint density at radius 2 is 1.93 bits per heavy atom. The number of nitrogens with one attached hydrogen (secondary N) is 1. The number of rotatable bonds is 9. The number of anilines is 1. The zero-order valence-electron chi connectivity index (χ0n) is 16.1. The second kappa shape index (κ2) is 9.90. The molecule has 3 aromatic rings. The number of hydrogen-bond donors (Lipinski definition) is 1. The van der Waals surface area contributed by atoms with Crippen molar-refractivity contribution in [3.05, 3.63) is 59.5 Å². The summed E-state index contributed by atoms with van der Waals surface area (Å²) in [5.41, 5.74) is 2.34. The van der Waals surface area contributed by atoms with E-state index < -0.39 is 0 Å².